The Labute approximate surface area is 140 Å². The molecule has 6 nitrogen and oxygen atoms in total. The van der Waals surface area contributed by atoms with Crippen LogP contribution in [-0.2, 0) is 4.79 Å². The summed E-state index contributed by atoms with van der Waals surface area (Å²) in [6, 6.07) is 11.0. The van der Waals surface area contributed by atoms with Gasteiger partial charge in [0, 0.05) is 25.3 Å². The van der Waals surface area contributed by atoms with Crippen LogP contribution in [0.1, 0.15) is 15.9 Å². The van der Waals surface area contributed by atoms with Gasteiger partial charge in [0.15, 0.2) is 12.4 Å². The number of nitrogens with zero attached hydrogens (tertiary/aromatic N) is 1. The third-order valence-corrected chi connectivity index (χ3v) is 3.75. The number of rotatable bonds is 3. The van der Waals surface area contributed by atoms with E-state index >= 15 is 0 Å². The maximum Gasteiger partial charge on any atom is 0.262 e. The summed E-state index contributed by atoms with van der Waals surface area (Å²) in [4.78, 5) is 25.9. The predicted octanol–water partition coefficient (Wildman–Crippen LogP) is 2.64. The Morgan fingerprint density at radius 2 is 1.92 bits per heavy atom. The zero-order valence-corrected chi connectivity index (χ0v) is 13.8. The predicted molar refractivity (Wildman–Crippen MR) is 94.0 cm³/mol. The normalized spacial score (nSPS) is 12.7. The van der Waals surface area contributed by atoms with E-state index in [1.807, 2.05) is 50.2 Å². The summed E-state index contributed by atoms with van der Waals surface area (Å²) < 4.78 is 5.48. The third kappa shape index (κ3) is 3.17. The van der Waals surface area contributed by atoms with Crippen LogP contribution in [0.4, 0.5) is 17.1 Å². The van der Waals surface area contributed by atoms with Gasteiger partial charge >= 0.3 is 0 Å². The molecule has 0 unspecified atom stereocenters. The Morgan fingerprint density at radius 3 is 2.58 bits per heavy atom. The maximum absolute atomic E-state index is 12.5. The van der Waals surface area contributed by atoms with Gasteiger partial charge < -0.3 is 20.3 Å². The van der Waals surface area contributed by atoms with Crippen molar-refractivity contribution in [3.05, 3.63) is 47.5 Å². The number of ether oxygens (including phenoxy) is 1. The fraction of sp³-hybridized carbons (Fsp3) is 0.222. The third-order valence-electron chi connectivity index (χ3n) is 3.75. The van der Waals surface area contributed by atoms with Gasteiger partial charge in [-0.3, -0.25) is 9.59 Å². The lowest BCUT2D eigenvalue weighted by atomic mass is 10.1. The second kappa shape index (κ2) is 6.23. The average molecular weight is 325 g/mol. The summed E-state index contributed by atoms with van der Waals surface area (Å²) in [5.41, 5.74) is 3.61. The van der Waals surface area contributed by atoms with E-state index in [0.717, 1.165) is 11.3 Å². The molecule has 3 rings (SSSR count). The van der Waals surface area contributed by atoms with Crippen molar-refractivity contribution in [2.45, 2.75) is 6.92 Å². The molecule has 0 fully saturated rings. The fourth-order valence-corrected chi connectivity index (χ4v) is 2.54. The molecule has 0 saturated carbocycles. The van der Waals surface area contributed by atoms with Crippen molar-refractivity contribution in [1.29, 1.82) is 0 Å². The Bertz CT molecular complexity index is 798. The van der Waals surface area contributed by atoms with Crippen molar-refractivity contribution in [1.82, 2.24) is 0 Å². The summed E-state index contributed by atoms with van der Waals surface area (Å²) in [5.74, 6) is 0.0525. The van der Waals surface area contributed by atoms with E-state index in [1.54, 1.807) is 12.1 Å². The quantitative estimate of drug-likeness (QED) is 0.910. The van der Waals surface area contributed by atoms with Gasteiger partial charge in [0.25, 0.3) is 11.8 Å². The number of aryl methyl sites for hydroxylation is 1. The van der Waals surface area contributed by atoms with Crippen LogP contribution < -0.4 is 20.3 Å². The number of carbonyl (C=O) groups excluding carboxylic acids is 2. The van der Waals surface area contributed by atoms with E-state index in [1.165, 1.54) is 0 Å². The van der Waals surface area contributed by atoms with E-state index < -0.39 is 0 Å². The van der Waals surface area contributed by atoms with Crippen molar-refractivity contribution in [3.8, 4) is 5.75 Å². The van der Waals surface area contributed by atoms with Crippen molar-refractivity contribution in [3.63, 3.8) is 0 Å². The molecule has 0 spiro atoms. The zero-order chi connectivity index (χ0) is 17.3. The first-order chi connectivity index (χ1) is 11.4. The molecular formula is C18H19N3O3. The molecule has 124 valence electrons. The number of hydrogen-bond donors (Lipinski definition) is 2. The SMILES string of the molecule is Cc1cc2c(c(NC(=O)c3ccc(N(C)C)cc3)c1)OCC(=O)N2. The molecule has 1 aliphatic heterocycles. The van der Waals surface area contributed by atoms with Gasteiger partial charge in [-0.25, -0.2) is 0 Å². The van der Waals surface area contributed by atoms with Crippen molar-refractivity contribution in [2.24, 2.45) is 0 Å². The van der Waals surface area contributed by atoms with E-state index in [0.29, 0.717) is 22.7 Å². The summed E-state index contributed by atoms with van der Waals surface area (Å²) in [6.45, 7) is 1.83. The minimum atomic E-state index is -0.228. The van der Waals surface area contributed by atoms with Crippen molar-refractivity contribution >= 4 is 28.9 Å². The molecule has 1 aliphatic rings. The van der Waals surface area contributed by atoms with Gasteiger partial charge in [-0.15, -0.1) is 0 Å². The summed E-state index contributed by atoms with van der Waals surface area (Å²) in [5, 5.41) is 5.62. The van der Waals surface area contributed by atoms with Gasteiger partial charge in [-0.2, -0.15) is 0 Å². The lowest BCUT2D eigenvalue weighted by Gasteiger charge is -2.21. The van der Waals surface area contributed by atoms with Crippen LogP contribution in [0.15, 0.2) is 36.4 Å². The number of benzene rings is 2. The minimum Gasteiger partial charge on any atom is -0.479 e. The molecule has 0 aliphatic carbocycles. The molecule has 2 aromatic rings. The van der Waals surface area contributed by atoms with Crippen LogP contribution in [0.25, 0.3) is 0 Å². The highest BCUT2D eigenvalue weighted by molar-refractivity contribution is 6.07. The van der Waals surface area contributed by atoms with E-state index in [4.69, 9.17) is 4.74 Å². The Balaban J connectivity index is 1.85. The van der Waals surface area contributed by atoms with Crippen LogP contribution in [0.2, 0.25) is 0 Å². The van der Waals surface area contributed by atoms with E-state index in [-0.39, 0.29) is 18.4 Å². The van der Waals surface area contributed by atoms with Gasteiger partial charge in [0.05, 0.1) is 11.4 Å². The molecule has 2 amide bonds. The largest absolute Gasteiger partial charge is 0.479 e. The van der Waals surface area contributed by atoms with Crippen molar-refractivity contribution < 1.29 is 14.3 Å². The van der Waals surface area contributed by atoms with Crippen LogP contribution in [0.3, 0.4) is 0 Å². The lowest BCUT2D eigenvalue weighted by Crippen LogP contribution is -2.26. The number of fused-ring (bicyclic) bond motifs is 1. The van der Waals surface area contributed by atoms with Crippen LogP contribution in [0.5, 0.6) is 5.75 Å². The Hall–Kier alpha value is -3.02. The number of amides is 2. The molecule has 1 heterocycles. The Kier molecular flexibility index (Phi) is 4.12. The van der Waals surface area contributed by atoms with Crippen LogP contribution in [0, 0.1) is 6.92 Å². The summed E-state index contributed by atoms with van der Waals surface area (Å²) in [7, 11) is 3.89. The van der Waals surface area contributed by atoms with Gasteiger partial charge in [0.1, 0.15) is 0 Å². The highest BCUT2D eigenvalue weighted by Crippen LogP contribution is 2.37. The monoisotopic (exact) mass is 325 g/mol. The first-order valence-electron chi connectivity index (χ1n) is 7.60. The number of hydrogen-bond acceptors (Lipinski definition) is 4. The fourth-order valence-electron chi connectivity index (χ4n) is 2.54. The molecule has 0 radical (unpaired) electrons. The second-order valence-electron chi connectivity index (χ2n) is 5.92. The molecule has 2 aromatic carbocycles. The zero-order valence-electron chi connectivity index (χ0n) is 13.8. The topological polar surface area (TPSA) is 70.7 Å². The molecule has 0 atom stereocenters. The van der Waals surface area contributed by atoms with E-state index in [2.05, 4.69) is 10.6 Å². The van der Waals surface area contributed by atoms with Gasteiger partial charge in [0.2, 0.25) is 0 Å². The first kappa shape index (κ1) is 15.9. The standard InChI is InChI=1S/C18H19N3O3/c1-11-8-14-17(24-10-16(22)19-14)15(9-11)20-18(23)12-4-6-13(7-5-12)21(2)3/h4-9H,10H2,1-3H3,(H,19,22)(H,20,23). The number of anilines is 3. The van der Waals surface area contributed by atoms with Crippen molar-refractivity contribution in [2.75, 3.05) is 36.2 Å². The minimum absolute atomic E-state index is 0.0591. The van der Waals surface area contributed by atoms with Crippen LogP contribution >= 0.6 is 0 Å². The maximum atomic E-state index is 12.5. The molecule has 0 bridgehead atoms. The highest BCUT2D eigenvalue weighted by Gasteiger charge is 2.21. The summed E-state index contributed by atoms with van der Waals surface area (Å²) >= 11 is 0. The van der Waals surface area contributed by atoms with E-state index in [9.17, 15) is 9.59 Å². The average Bonchev–Trinajstić information content (AvgIpc) is 2.54. The van der Waals surface area contributed by atoms with Crippen LogP contribution in [-0.4, -0.2) is 32.5 Å². The number of nitrogens with one attached hydrogen (secondary N) is 2. The molecule has 24 heavy (non-hydrogen) atoms. The molecule has 0 saturated heterocycles. The Morgan fingerprint density at radius 1 is 1.21 bits per heavy atom. The summed E-state index contributed by atoms with van der Waals surface area (Å²) in [6.07, 6.45) is 0. The first-order valence-corrected chi connectivity index (χ1v) is 7.60. The van der Waals surface area contributed by atoms with Gasteiger partial charge in [-0.05, 0) is 48.9 Å². The van der Waals surface area contributed by atoms with Gasteiger partial charge in [-0.1, -0.05) is 0 Å². The molecular weight excluding hydrogens is 306 g/mol. The smallest absolute Gasteiger partial charge is 0.262 e. The number of carbonyl (C=O) groups is 2. The molecule has 2 N–H and O–H groups in total. The molecule has 0 aromatic heterocycles. The second-order valence-corrected chi connectivity index (χ2v) is 5.92. The molecule has 6 heteroatoms. The highest BCUT2D eigenvalue weighted by atomic mass is 16.5. The lowest BCUT2D eigenvalue weighted by molar-refractivity contribution is -0.118.